The molecule has 0 aromatic heterocycles. The number of aliphatic hydroxyl groups excluding tert-OH is 1. The van der Waals surface area contributed by atoms with Crippen molar-refractivity contribution in [3.8, 4) is 0 Å². The van der Waals surface area contributed by atoms with Crippen molar-refractivity contribution in [1.29, 1.82) is 0 Å². The van der Waals surface area contributed by atoms with Gasteiger partial charge in [0.25, 0.3) is 5.91 Å². The molecule has 9 heteroatoms. The maximum atomic E-state index is 13.8. The molecule has 5 rings (SSSR count). The number of aryl methyl sites for hydroxylation is 1. The maximum absolute atomic E-state index is 13.8. The van der Waals surface area contributed by atoms with Crippen LogP contribution in [-0.2, 0) is 27.3 Å². The molecule has 3 aliphatic rings. The van der Waals surface area contributed by atoms with Gasteiger partial charge in [0.1, 0.15) is 12.1 Å². The van der Waals surface area contributed by atoms with Gasteiger partial charge in [0.15, 0.2) is 6.10 Å². The Hall–Kier alpha value is -3.04. The second kappa shape index (κ2) is 12.4. The molecule has 2 bridgehead atoms. The average molecular weight is 580 g/mol. The smallest absolute Gasteiger partial charge is 0.407 e. The van der Waals surface area contributed by atoms with E-state index in [0.29, 0.717) is 18.4 Å². The fourth-order valence-electron chi connectivity index (χ4n) is 6.61. The molecule has 6 unspecified atom stereocenters. The standard InChI is InChI=1S/C32H41N3O5S/c1-20-9-7-8-12-24(20)18-33-29(37)28-32(2,3)41-19-35(28)30(38)27(36)25(16-21-10-5-4-6-11-21)34-31(39)40-26-17-22-13-14-23(26)15-22/h4-12,22-23,25-28,36H,13-19H2,1-3H3,(H,33,37)(H,34,39). The summed E-state index contributed by atoms with van der Waals surface area (Å²) in [6.07, 6.45) is 2.21. The lowest BCUT2D eigenvalue weighted by atomic mass is 9.97. The zero-order valence-corrected chi connectivity index (χ0v) is 24.9. The normalized spacial score (nSPS) is 25.9. The fraction of sp³-hybridized carbons (Fsp3) is 0.531. The van der Waals surface area contributed by atoms with Crippen molar-refractivity contribution >= 4 is 29.7 Å². The van der Waals surface area contributed by atoms with Gasteiger partial charge in [0, 0.05) is 11.3 Å². The van der Waals surface area contributed by atoms with Crippen molar-refractivity contribution < 1.29 is 24.2 Å². The van der Waals surface area contributed by atoms with Gasteiger partial charge in [0.05, 0.1) is 11.9 Å². The van der Waals surface area contributed by atoms with Crippen LogP contribution in [0.4, 0.5) is 4.79 Å². The number of carbonyl (C=O) groups excluding carboxylic acids is 3. The lowest BCUT2D eigenvalue weighted by molar-refractivity contribution is -0.147. The van der Waals surface area contributed by atoms with E-state index >= 15 is 0 Å². The molecule has 2 aliphatic carbocycles. The maximum Gasteiger partial charge on any atom is 0.407 e. The third kappa shape index (κ3) is 6.72. The van der Waals surface area contributed by atoms with E-state index in [2.05, 4.69) is 10.6 Å². The average Bonchev–Trinajstić information content (AvgIpc) is 3.66. The summed E-state index contributed by atoms with van der Waals surface area (Å²) in [7, 11) is 0. The monoisotopic (exact) mass is 579 g/mol. The van der Waals surface area contributed by atoms with Crippen molar-refractivity contribution in [1.82, 2.24) is 15.5 Å². The minimum absolute atomic E-state index is 0.115. The van der Waals surface area contributed by atoms with Crippen molar-refractivity contribution in [3.63, 3.8) is 0 Å². The molecule has 3 amide bonds. The van der Waals surface area contributed by atoms with Gasteiger partial charge in [-0.15, -0.1) is 11.8 Å². The number of ether oxygens (including phenoxy) is 1. The Bertz CT molecular complexity index is 1250. The number of thioether (sulfide) groups is 1. The molecule has 0 radical (unpaired) electrons. The molecule has 1 saturated heterocycles. The van der Waals surface area contributed by atoms with Gasteiger partial charge < -0.3 is 25.4 Å². The van der Waals surface area contributed by atoms with Gasteiger partial charge in [0.2, 0.25) is 5.91 Å². The van der Waals surface area contributed by atoms with Gasteiger partial charge >= 0.3 is 6.09 Å². The van der Waals surface area contributed by atoms with Crippen LogP contribution in [0, 0.1) is 18.8 Å². The highest BCUT2D eigenvalue weighted by Gasteiger charge is 2.50. The molecule has 41 heavy (non-hydrogen) atoms. The topological polar surface area (TPSA) is 108 Å². The Morgan fingerprint density at radius 2 is 1.80 bits per heavy atom. The van der Waals surface area contributed by atoms with Gasteiger partial charge in [-0.05, 0) is 81.4 Å². The fourth-order valence-corrected chi connectivity index (χ4v) is 7.75. The molecule has 2 aromatic carbocycles. The number of alkyl carbamates (subject to hydrolysis) is 1. The summed E-state index contributed by atoms with van der Waals surface area (Å²) in [5.41, 5.74) is 2.94. The first-order valence-corrected chi connectivity index (χ1v) is 15.6. The lowest BCUT2D eigenvalue weighted by Gasteiger charge is -2.33. The van der Waals surface area contributed by atoms with Crippen LogP contribution in [0.3, 0.4) is 0 Å². The SMILES string of the molecule is Cc1ccccc1CNC(=O)C1N(C(=O)C(O)C(Cc2ccccc2)NC(=O)OC2CC3CCC2C3)CSC1(C)C. The quantitative estimate of drug-likeness (QED) is 0.412. The highest BCUT2D eigenvalue weighted by atomic mass is 32.2. The number of benzene rings is 2. The summed E-state index contributed by atoms with van der Waals surface area (Å²) in [5.74, 6) is 0.425. The van der Waals surface area contributed by atoms with Crippen molar-refractivity contribution in [2.75, 3.05) is 5.88 Å². The van der Waals surface area contributed by atoms with Crippen LogP contribution >= 0.6 is 11.8 Å². The van der Waals surface area contributed by atoms with Gasteiger partial charge in [-0.25, -0.2) is 4.79 Å². The number of carbonyl (C=O) groups is 3. The number of amides is 3. The van der Waals surface area contributed by atoms with Crippen molar-refractivity contribution in [2.45, 2.75) is 88.5 Å². The summed E-state index contributed by atoms with van der Waals surface area (Å²) >= 11 is 1.49. The predicted molar refractivity (Wildman–Crippen MR) is 159 cm³/mol. The van der Waals surface area contributed by atoms with Crippen LogP contribution in [0.1, 0.15) is 56.2 Å². The lowest BCUT2D eigenvalue weighted by Crippen LogP contribution is -2.58. The molecule has 3 fully saturated rings. The minimum Gasteiger partial charge on any atom is -0.446 e. The van der Waals surface area contributed by atoms with E-state index in [9.17, 15) is 19.5 Å². The van der Waals surface area contributed by atoms with E-state index in [-0.39, 0.29) is 24.3 Å². The van der Waals surface area contributed by atoms with Crippen LogP contribution in [0.5, 0.6) is 0 Å². The second-order valence-corrected chi connectivity index (χ2v) is 13.8. The Balaban J connectivity index is 1.29. The van der Waals surface area contributed by atoms with E-state index < -0.39 is 34.9 Å². The molecule has 1 heterocycles. The highest BCUT2D eigenvalue weighted by molar-refractivity contribution is 8.00. The number of nitrogens with zero attached hydrogens (tertiary/aromatic N) is 1. The predicted octanol–water partition coefficient (Wildman–Crippen LogP) is 4.18. The molecule has 8 nitrogen and oxygen atoms in total. The summed E-state index contributed by atoms with van der Waals surface area (Å²) < 4.78 is 5.23. The molecular formula is C32H41N3O5S. The van der Waals surface area contributed by atoms with E-state index in [0.717, 1.165) is 36.0 Å². The second-order valence-electron chi connectivity index (χ2n) is 12.2. The van der Waals surface area contributed by atoms with E-state index in [1.165, 1.54) is 23.1 Å². The van der Waals surface area contributed by atoms with Crippen LogP contribution < -0.4 is 10.6 Å². The summed E-state index contributed by atoms with van der Waals surface area (Å²) in [6, 6.07) is 15.6. The van der Waals surface area contributed by atoms with Crippen LogP contribution in [0.25, 0.3) is 0 Å². The number of rotatable bonds is 9. The molecule has 1 aliphatic heterocycles. The first-order valence-electron chi connectivity index (χ1n) is 14.6. The first kappa shape index (κ1) is 29.5. The van der Waals surface area contributed by atoms with E-state index in [1.54, 1.807) is 0 Å². The van der Waals surface area contributed by atoms with E-state index in [4.69, 9.17) is 4.74 Å². The van der Waals surface area contributed by atoms with Crippen molar-refractivity contribution in [2.24, 2.45) is 11.8 Å². The minimum atomic E-state index is -1.55. The zero-order chi connectivity index (χ0) is 29.1. The Kier molecular flexibility index (Phi) is 8.94. The van der Waals surface area contributed by atoms with Gasteiger partial charge in [-0.2, -0.15) is 0 Å². The number of fused-ring (bicyclic) bond motifs is 2. The molecule has 0 spiro atoms. The third-order valence-electron chi connectivity index (χ3n) is 8.96. The number of nitrogens with one attached hydrogen (secondary N) is 2. The number of hydrogen-bond donors (Lipinski definition) is 3. The van der Waals surface area contributed by atoms with Gasteiger partial charge in [-0.3, -0.25) is 9.59 Å². The molecule has 6 atom stereocenters. The summed E-state index contributed by atoms with van der Waals surface area (Å²) in [4.78, 5) is 41.8. The largest absolute Gasteiger partial charge is 0.446 e. The van der Waals surface area contributed by atoms with Crippen LogP contribution in [0.15, 0.2) is 54.6 Å². The summed E-state index contributed by atoms with van der Waals surface area (Å²) in [5, 5.41) is 17.2. The van der Waals surface area contributed by atoms with Crippen molar-refractivity contribution in [3.05, 3.63) is 71.3 Å². The third-order valence-corrected chi connectivity index (χ3v) is 10.3. The molecule has 3 N–H and O–H groups in total. The van der Waals surface area contributed by atoms with Crippen LogP contribution in [-0.4, -0.2) is 62.8 Å². The van der Waals surface area contributed by atoms with E-state index in [1.807, 2.05) is 75.4 Å². The number of hydrogen-bond acceptors (Lipinski definition) is 6. The highest BCUT2D eigenvalue weighted by Crippen LogP contribution is 2.46. The zero-order valence-electron chi connectivity index (χ0n) is 24.0. The molecular weight excluding hydrogens is 538 g/mol. The molecule has 2 aromatic rings. The Labute approximate surface area is 246 Å². The Morgan fingerprint density at radius 3 is 2.49 bits per heavy atom. The number of aliphatic hydroxyl groups is 1. The molecule has 220 valence electrons. The summed E-state index contributed by atoms with van der Waals surface area (Å²) in [6.45, 7) is 6.20. The van der Waals surface area contributed by atoms with Crippen LogP contribution in [0.2, 0.25) is 0 Å². The van der Waals surface area contributed by atoms with Gasteiger partial charge in [-0.1, -0.05) is 54.6 Å². The first-order chi connectivity index (χ1) is 19.6. The molecule has 2 saturated carbocycles. The Morgan fingerprint density at radius 1 is 1.07 bits per heavy atom.